The minimum atomic E-state index is 0. The maximum atomic E-state index is 5.89. The first-order valence-corrected chi connectivity index (χ1v) is 9.17. The molecular formula is C21H29Cl2N3. The molecule has 0 radical (unpaired) electrons. The summed E-state index contributed by atoms with van der Waals surface area (Å²) in [4.78, 5) is 5.18. The number of hydrogen-bond donors (Lipinski definition) is 1. The topological polar surface area (TPSA) is 32.5 Å². The molecule has 0 atom stereocenters. The van der Waals surface area contributed by atoms with Gasteiger partial charge in [0.15, 0.2) is 0 Å². The van der Waals surface area contributed by atoms with Crippen molar-refractivity contribution in [2.75, 3.05) is 36.8 Å². The standard InChI is InChI=1S/C21H27N3.2ClH/c22-20-6-3-4-18(14-20)15-23-11-8-17(9-12-23)16-24-13-10-19-5-1-2-7-21(19)24;;/h1-7,14,17H,8-13,15-16,22H2;2*1H. The van der Waals surface area contributed by atoms with E-state index in [0.717, 1.165) is 18.2 Å². The number of likely N-dealkylation sites (tertiary alicyclic amines) is 1. The fourth-order valence-corrected chi connectivity index (χ4v) is 4.18. The molecule has 0 saturated carbocycles. The van der Waals surface area contributed by atoms with Crippen molar-refractivity contribution in [2.45, 2.75) is 25.8 Å². The predicted molar refractivity (Wildman–Crippen MR) is 116 cm³/mol. The highest BCUT2D eigenvalue weighted by Gasteiger charge is 2.25. The van der Waals surface area contributed by atoms with Crippen molar-refractivity contribution < 1.29 is 0 Å². The zero-order valence-corrected chi connectivity index (χ0v) is 16.8. The molecule has 0 unspecified atom stereocenters. The Labute approximate surface area is 169 Å². The molecule has 2 aliphatic heterocycles. The number of nitrogen functional groups attached to an aromatic ring is 1. The minimum absolute atomic E-state index is 0. The molecule has 0 aromatic heterocycles. The third-order valence-corrected chi connectivity index (χ3v) is 5.53. The maximum absolute atomic E-state index is 5.89. The summed E-state index contributed by atoms with van der Waals surface area (Å²) < 4.78 is 0. The molecule has 0 aliphatic carbocycles. The average molecular weight is 394 g/mol. The Balaban J connectivity index is 0.00000121. The third-order valence-electron chi connectivity index (χ3n) is 5.53. The van der Waals surface area contributed by atoms with Crippen molar-refractivity contribution in [1.82, 2.24) is 4.90 Å². The van der Waals surface area contributed by atoms with E-state index in [1.807, 2.05) is 6.07 Å². The molecule has 142 valence electrons. The van der Waals surface area contributed by atoms with Crippen molar-refractivity contribution in [3.8, 4) is 0 Å². The molecule has 5 heteroatoms. The summed E-state index contributed by atoms with van der Waals surface area (Å²) >= 11 is 0. The fraction of sp³-hybridized carbons (Fsp3) is 0.429. The fourth-order valence-electron chi connectivity index (χ4n) is 4.18. The number of para-hydroxylation sites is 1. The third kappa shape index (κ3) is 4.85. The van der Waals surface area contributed by atoms with Gasteiger partial charge in [-0.2, -0.15) is 0 Å². The number of fused-ring (bicyclic) bond motifs is 1. The minimum Gasteiger partial charge on any atom is -0.399 e. The molecule has 2 aromatic carbocycles. The van der Waals surface area contributed by atoms with Crippen LogP contribution in [0.15, 0.2) is 48.5 Å². The summed E-state index contributed by atoms with van der Waals surface area (Å²) in [6, 6.07) is 17.2. The van der Waals surface area contributed by atoms with E-state index in [-0.39, 0.29) is 24.8 Å². The molecule has 4 rings (SSSR count). The molecule has 3 nitrogen and oxygen atoms in total. The van der Waals surface area contributed by atoms with Gasteiger partial charge < -0.3 is 10.6 Å². The summed E-state index contributed by atoms with van der Waals surface area (Å²) in [6.07, 6.45) is 3.83. The van der Waals surface area contributed by atoms with Crippen LogP contribution in [-0.2, 0) is 13.0 Å². The van der Waals surface area contributed by atoms with Crippen LogP contribution in [0, 0.1) is 5.92 Å². The number of nitrogens with two attached hydrogens (primary N) is 1. The number of nitrogens with zero attached hydrogens (tertiary/aromatic N) is 2. The molecule has 0 amide bonds. The van der Waals surface area contributed by atoms with Gasteiger partial charge in [0.1, 0.15) is 0 Å². The lowest BCUT2D eigenvalue weighted by Gasteiger charge is -2.34. The first-order chi connectivity index (χ1) is 11.8. The van der Waals surface area contributed by atoms with E-state index in [2.05, 4.69) is 52.3 Å². The van der Waals surface area contributed by atoms with E-state index in [9.17, 15) is 0 Å². The molecular weight excluding hydrogens is 365 g/mol. The predicted octanol–water partition coefficient (Wildman–Crippen LogP) is 4.39. The van der Waals surface area contributed by atoms with Crippen LogP contribution in [0.3, 0.4) is 0 Å². The van der Waals surface area contributed by atoms with Gasteiger partial charge in [0, 0.05) is 31.0 Å². The molecule has 1 fully saturated rings. The average Bonchev–Trinajstić information content (AvgIpc) is 3.00. The number of anilines is 2. The quantitative estimate of drug-likeness (QED) is 0.781. The van der Waals surface area contributed by atoms with E-state index < -0.39 is 0 Å². The molecule has 2 aliphatic rings. The van der Waals surface area contributed by atoms with Crippen molar-refractivity contribution in [3.63, 3.8) is 0 Å². The lowest BCUT2D eigenvalue weighted by atomic mass is 9.95. The molecule has 1 saturated heterocycles. The van der Waals surface area contributed by atoms with E-state index >= 15 is 0 Å². The van der Waals surface area contributed by atoms with Gasteiger partial charge in [-0.1, -0.05) is 30.3 Å². The first kappa shape index (κ1) is 20.9. The van der Waals surface area contributed by atoms with Gasteiger partial charge in [-0.25, -0.2) is 0 Å². The van der Waals surface area contributed by atoms with Gasteiger partial charge in [0.25, 0.3) is 0 Å². The Morgan fingerprint density at radius 2 is 1.69 bits per heavy atom. The number of rotatable bonds is 4. The van der Waals surface area contributed by atoms with Gasteiger partial charge in [0.2, 0.25) is 0 Å². The van der Waals surface area contributed by atoms with Gasteiger partial charge in [-0.3, -0.25) is 4.90 Å². The Kier molecular flexibility index (Phi) is 7.63. The summed E-state index contributed by atoms with van der Waals surface area (Å²) in [5.41, 5.74) is 11.1. The largest absolute Gasteiger partial charge is 0.399 e. The van der Waals surface area contributed by atoms with E-state index in [4.69, 9.17) is 5.73 Å². The second-order valence-electron chi connectivity index (χ2n) is 7.29. The Morgan fingerprint density at radius 1 is 0.923 bits per heavy atom. The smallest absolute Gasteiger partial charge is 0.0399 e. The van der Waals surface area contributed by atoms with Crippen LogP contribution in [0.1, 0.15) is 24.0 Å². The second kappa shape index (κ2) is 9.50. The summed E-state index contributed by atoms with van der Waals surface area (Å²) in [5, 5.41) is 0. The number of piperidine rings is 1. The van der Waals surface area contributed by atoms with Crippen molar-refractivity contribution >= 4 is 36.2 Å². The molecule has 0 spiro atoms. The summed E-state index contributed by atoms with van der Waals surface area (Å²) in [5.74, 6) is 0.827. The maximum Gasteiger partial charge on any atom is 0.0399 e. The summed E-state index contributed by atoms with van der Waals surface area (Å²) in [7, 11) is 0. The molecule has 2 aromatic rings. The molecule has 2 N–H and O–H groups in total. The van der Waals surface area contributed by atoms with Crippen LogP contribution in [0.4, 0.5) is 11.4 Å². The highest BCUT2D eigenvalue weighted by Crippen LogP contribution is 2.30. The highest BCUT2D eigenvalue weighted by molar-refractivity contribution is 5.85. The normalized spacial score (nSPS) is 17.3. The van der Waals surface area contributed by atoms with E-state index in [0.29, 0.717) is 0 Å². The van der Waals surface area contributed by atoms with Crippen LogP contribution in [0.2, 0.25) is 0 Å². The number of halogens is 2. The second-order valence-corrected chi connectivity index (χ2v) is 7.29. The molecule has 26 heavy (non-hydrogen) atoms. The Morgan fingerprint density at radius 3 is 2.46 bits per heavy atom. The zero-order chi connectivity index (χ0) is 16.4. The van der Waals surface area contributed by atoms with Crippen LogP contribution in [0.5, 0.6) is 0 Å². The highest BCUT2D eigenvalue weighted by atomic mass is 35.5. The lowest BCUT2D eigenvalue weighted by molar-refractivity contribution is 0.179. The van der Waals surface area contributed by atoms with Crippen molar-refractivity contribution in [3.05, 3.63) is 59.7 Å². The first-order valence-electron chi connectivity index (χ1n) is 9.17. The molecule has 2 heterocycles. The number of hydrogen-bond acceptors (Lipinski definition) is 3. The van der Waals surface area contributed by atoms with E-state index in [1.165, 1.54) is 62.3 Å². The monoisotopic (exact) mass is 393 g/mol. The summed E-state index contributed by atoms with van der Waals surface area (Å²) in [6.45, 7) is 5.86. The van der Waals surface area contributed by atoms with E-state index in [1.54, 1.807) is 0 Å². The number of benzene rings is 2. The van der Waals surface area contributed by atoms with Gasteiger partial charge in [0.05, 0.1) is 0 Å². The zero-order valence-electron chi connectivity index (χ0n) is 15.1. The van der Waals surface area contributed by atoms with Gasteiger partial charge >= 0.3 is 0 Å². The van der Waals surface area contributed by atoms with Gasteiger partial charge in [-0.05, 0) is 67.6 Å². The van der Waals surface area contributed by atoms with Crippen LogP contribution in [0.25, 0.3) is 0 Å². The van der Waals surface area contributed by atoms with Gasteiger partial charge in [-0.15, -0.1) is 24.8 Å². The van der Waals surface area contributed by atoms with Crippen LogP contribution in [-0.4, -0.2) is 31.1 Å². The Bertz CT molecular complexity index is 699. The molecule has 0 bridgehead atoms. The van der Waals surface area contributed by atoms with Crippen molar-refractivity contribution in [2.24, 2.45) is 5.92 Å². The van der Waals surface area contributed by atoms with Crippen molar-refractivity contribution in [1.29, 1.82) is 0 Å². The van der Waals surface area contributed by atoms with Crippen LogP contribution >= 0.6 is 24.8 Å². The lowest BCUT2D eigenvalue weighted by Crippen LogP contribution is -2.38. The Hall–Kier alpha value is -1.42. The van der Waals surface area contributed by atoms with Crippen LogP contribution < -0.4 is 10.6 Å². The SMILES string of the molecule is Cl.Cl.Nc1cccc(CN2CCC(CN3CCc4ccccc43)CC2)c1.